The van der Waals surface area contributed by atoms with Crippen LogP contribution in [0.25, 0.3) is 0 Å². The maximum atomic E-state index is 11.7. The van der Waals surface area contributed by atoms with E-state index in [1.54, 1.807) is 6.08 Å². The Kier molecular flexibility index (Phi) is 3.79. The van der Waals surface area contributed by atoms with Gasteiger partial charge in [0, 0.05) is 12.8 Å². The van der Waals surface area contributed by atoms with Crippen LogP contribution < -0.4 is 0 Å². The first-order chi connectivity index (χ1) is 9.56. The Morgan fingerprint density at radius 1 is 1.40 bits per heavy atom. The molecule has 0 unspecified atom stereocenters. The first-order valence-corrected chi connectivity index (χ1v) is 7.48. The predicted octanol–water partition coefficient (Wildman–Crippen LogP) is 1.51. The Morgan fingerprint density at radius 3 is 2.75 bits per heavy atom. The number of rotatable bonds is 1. The number of aliphatic hydroxyl groups excluding tert-OH is 1. The van der Waals surface area contributed by atoms with Crippen molar-refractivity contribution in [2.75, 3.05) is 7.11 Å². The molecule has 0 aromatic rings. The molecule has 1 aliphatic heterocycles. The maximum absolute atomic E-state index is 11.7. The second-order valence-corrected chi connectivity index (χ2v) is 6.11. The minimum Gasteiger partial charge on any atom is -0.466 e. The standard InChI is InChI=1S/C14H19ClO5/c1-18-13(17)8-7-9-12(11(16)10(8)15)20-14(19-9)5-3-2-4-6-14/h7,9-12,16H,2-6H2,1H3/t9-,10-,11+,12-/m1/s1. The lowest BCUT2D eigenvalue weighted by Crippen LogP contribution is -2.46. The van der Waals surface area contributed by atoms with Crippen molar-refractivity contribution in [1.29, 1.82) is 0 Å². The van der Waals surface area contributed by atoms with Crippen molar-refractivity contribution in [2.24, 2.45) is 0 Å². The van der Waals surface area contributed by atoms with Crippen molar-refractivity contribution in [3.8, 4) is 0 Å². The predicted molar refractivity (Wildman–Crippen MR) is 71.3 cm³/mol. The van der Waals surface area contributed by atoms with Crippen LogP contribution in [-0.2, 0) is 19.0 Å². The number of methoxy groups -OCH3 is 1. The fraction of sp³-hybridized carbons (Fsp3) is 0.786. The lowest BCUT2D eigenvalue weighted by Gasteiger charge is -2.32. The third-order valence-corrected chi connectivity index (χ3v) is 4.83. The maximum Gasteiger partial charge on any atom is 0.335 e. The van der Waals surface area contributed by atoms with Crippen LogP contribution in [0.1, 0.15) is 32.1 Å². The smallest absolute Gasteiger partial charge is 0.335 e. The Morgan fingerprint density at radius 2 is 2.10 bits per heavy atom. The van der Waals surface area contributed by atoms with Crippen molar-refractivity contribution in [3.05, 3.63) is 11.6 Å². The highest BCUT2D eigenvalue weighted by Crippen LogP contribution is 2.44. The van der Waals surface area contributed by atoms with Gasteiger partial charge in [-0.3, -0.25) is 0 Å². The van der Waals surface area contributed by atoms with Gasteiger partial charge in [0.1, 0.15) is 18.3 Å². The zero-order valence-electron chi connectivity index (χ0n) is 11.4. The summed E-state index contributed by atoms with van der Waals surface area (Å²) in [5.41, 5.74) is 0.249. The van der Waals surface area contributed by atoms with Crippen LogP contribution in [0, 0.1) is 0 Å². The van der Waals surface area contributed by atoms with Crippen LogP contribution in [0.15, 0.2) is 11.6 Å². The summed E-state index contributed by atoms with van der Waals surface area (Å²) in [6, 6.07) is 0. The average molecular weight is 303 g/mol. The molecule has 1 N–H and O–H groups in total. The number of ether oxygens (including phenoxy) is 3. The average Bonchev–Trinajstić information content (AvgIpc) is 2.81. The lowest BCUT2D eigenvalue weighted by molar-refractivity contribution is -0.197. The van der Waals surface area contributed by atoms with Crippen LogP contribution in [0.5, 0.6) is 0 Å². The van der Waals surface area contributed by atoms with Gasteiger partial charge < -0.3 is 19.3 Å². The molecule has 5 nitrogen and oxygen atoms in total. The second-order valence-electron chi connectivity index (χ2n) is 5.64. The summed E-state index contributed by atoms with van der Waals surface area (Å²) in [6.45, 7) is 0. The molecular weight excluding hydrogens is 284 g/mol. The molecule has 1 saturated heterocycles. The van der Waals surface area contributed by atoms with Gasteiger partial charge in [-0.15, -0.1) is 11.6 Å². The number of carbonyl (C=O) groups excluding carboxylic acids is 1. The first kappa shape index (κ1) is 14.3. The fourth-order valence-corrected chi connectivity index (χ4v) is 3.60. The van der Waals surface area contributed by atoms with E-state index in [0.717, 1.165) is 25.7 Å². The van der Waals surface area contributed by atoms with Crippen LogP contribution in [0.2, 0.25) is 0 Å². The molecule has 112 valence electrons. The summed E-state index contributed by atoms with van der Waals surface area (Å²) in [6.07, 6.45) is 4.64. The van der Waals surface area contributed by atoms with Gasteiger partial charge in [0.25, 0.3) is 0 Å². The summed E-state index contributed by atoms with van der Waals surface area (Å²) >= 11 is 6.15. The summed E-state index contributed by atoms with van der Waals surface area (Å²) in [4.78, 5) is 11.7. The minimum absolute atomic E-state index is 0.249. The number of halogens is 1. The van der Waals surface area contributed by atoms with E-state index in [4.69, 9.17) is 25.8 Å². The Hall–Kier alpha value is -0.620. The molecule has 1 saturated carbocycles. The van der Waals surface area contributed by atoms with E-state index in [-0.39, 0.29) is 5.57 Å². The van der Waals surface area contributed by atoms with Crippen molar-refractivity contribution in [3.63, 3.8) is 0 Å². The highest BCUT2D eigenvalue weighted by Gasteiger charge is 2.54. The van der Waals surface area contributed by atoms with E-state index < -0.39 is 35.4 Å². The van der Waals surface area contributed by atoms with Gasteiger partial charge >= 0.3 is 5.97 Å². The van der Waals surface area contributed by atoms with Gasteiger partial charge in [-0.1, -0.05) is 6.42 Å². The molecule has 2 fully saturated rings. The third kappa shape index (κ3) is 2.26. The number of carbonyl (C=O) groups is 1. The van der Waals surface area contributed by atoms with E-state index in [1.807, 2.05) is 0 Å². The highest BCUT2D eigenvalue weighted by atomic mass is 35.5. The zero-order valence-corrected chi connectivity index (χ0v) is 12.1. The molecule has 6 heteroatoms. The SMILES string of the molecule is COC(=O)C1=C[C@H]2OC3(CCCCC3)O[C@H]2[C@@H](O)[C@@H]1Cl. The Bertz CT molecular complexity index is 429. The van der Waals surface area contributed by atoms with Crippen molar-refractivity contribution < 1.29 is 24.1 Å². The van der Waals surface area contributed by atoms with Crippen molar-refractivity contribution >= 4 is 17.6 Å². The highest BCUT2D eigenvalue weighted by molar-refractivity contribution is 6.25. The van der Waals surface area contributed by atoms with Crippen LogP contribution in [0.3, 0.4) is 0 Å². The Balaban J connectivity index is 1.85. The molecule has 3 rings (SSSR count). The molecule has 0 amide bonds. The Labute approximate surface area is 122 Å². The topological polar surface area (TPSA) is 65.0 Å². The molecule has 0 aromatic heterocycles. The molecule has 1 spiro atoms. The van der Waals surface area contributed by atoms with Gasteiger partial charge in [-0.2, -0.15) is 0 Å². The monoisotopic (exact) mass is 302 g/mol. The largest absolute Gasteiger partial charge is 0.466 e. The van der Waals surface area contributed by atoms with E-state index in [2.05, 4.69) is 0 Å². The number of aliphatic hydroxyl groups is 1. The number of hydrogen-bond acceptors (Lipinski definition) is 5. The van der Waals surface area contributed by atoms with Gasteiger partial charge in [0.15, 0.2) is 5.79 Å². The molecular formula is C14H19ClO5. The molecule has 3 aliphatic rings. The van der Waals surface area contributed by atoms with E-state index in [0.29, 0.717) is 0 Å². The van der Waals surface area contributed by atoms with E-state index in [9.17, 15) is 9.90 Å². The van der Waals surface area contributed by atoms with Crippen molar-refractivity contribution in [1.82, 2.24) is 0 Å². The van der Waals surface area contributed by atoms with Crippen LogP contribution in [0.4, 0.5) is 0 Å². The number of hydrogen-bond donors (Lipinski definition) is 1. The quantitative estimate of drug-likeness (QED) is 0.587. The normalized spacial score (nSPS) is 39.2. The molecule has 4 atom stereocenters. The number of esters is 1. The van der Waals surface area contributed by atoms with E-state index >= 15 is 0 Å². The van der Waals surface area contributed by atoms with Crippen LogP contribution in [-0.4, -0.2) is 47.7 Å². The second kappa shape index (κ2) is 5.30. The molecule has 1 heterocycles. The van der Waals surface area contributed by atoms with E-state index in [1.165, 1.54) is 13.5 Å². The van der Waals surface area contributed by atoms with Gasteiger partial charge in [-0.05, 0) is 18.9 Å². The fourth-order valence-electron chi connectivity index (χ4n) is 3.29. The molecule has 2 aliphatic carbocycles. The third-order valence-electron chi connectivity index (χ3n) is 4.34. The van der Waals surface area contributed by atoms with Crippen molar-refractivity contribution in [2.45, 2.75) is 61.6 Å². The molecule has 0 bridgehead atoms. The summed E-state index contributed by atoms with van der Waals surface area (Å²) < 4.78 is 16.7. The summed E-state index contributed by atoms with van der Waals surface area (Å²) in [5, 5.41) is 9.46. The first-order valence-electron chi connectivity index (χ1n) is 7.04. The lowest BCUT2D eigenvalue weighted by atomic mass is 9.92. The number of alkyl halides is 1. The molecule has 0 radical (unpaired) electrons. The van der Waals surface area contributed by atoms with Gasteiger partial charge in [0.05, 0.1) is 18.1 Å². The van der Waals surface area contributed by atoms with Crippen LogP contribution >= 0.6 is 11.6 Å². The summed E-state index contributed by atoms with van der Waals surface area (Å²) in [7, 11) is 1.29. The molecule has 0 aromatic carbocycles. The number of fused-ring (bicyclic) bond motifs is 1. The van der Waals surface area contributed by atoms with Gasteiger partial charge in [-0.25, -0.2) is 4.79 Å². The minimum atomic E-state index is -0.970. The summed E-state index contributed by atoms with van der Waals surface area (Å²) in [5.74, 6) is -1.15. The molecule has 20 heavy (non-hydrogen) atoms. The van der Waals surface area contributed by atoms with Gasteiger partial charge in [0.2, 0.25) is 0 Å². The zero-order chi connectivity index (χ0) is 14.3.